The molecule has 0 aromatic heterocycles. The van der Waals surface area contributed by atoms with Gasteiger partial charge in [0, 0.05) is 13.1 Å². The standard InChI is InChI=1S/C15H22N2O2/c1-11-3-4-12(2)14(7-11)19-10-15(18)17-6-5-13(8-16)9-17/h3-4,7,13H,5-6,8-10,16H2,1-2H3/t13-/m1/s1. The van der Waals surface area contributed by atoms with Gasteiger partial charge in [-0.1, -0.05) is 12.1 Å². The Hall–Kier alpha value is -1.55. The minimum absolute atomic E-state index is 0.0526. The van der Waals surface area contributed by atoms with Gasteiger partial charge in [-0.05, 0) is 49.9 Å². The molecule has 1 atom stereocenters. The molecule has 2 rings (SSSR count). The quantitative estimate of drug-likeness (QED) is 0.894. The molecule has 4 nitrogen and oxygen atoms in total. The maximum Gasteiger partial charge on any atom is 0.260 e. The van der Waals surface area contributed by atoms with E-state index >= 15 is 0 Å². The molecule has 0 bridgehead atoms. The molecule has 1 aliphatic rings. The first kappa shape index (κ1) is 13.9. The van der Waals surface area contributed by atoms with E-state index in [0.717, 1.165) is 36.4 Å². The average Bonchev–Trinajstić information content (AvgIpc) is 2.88. The van der Waals surface area contributed by atoms with E-state index in [0.29, 0.717) is 12.5 Å². The van der Waals surface area contributed by atoms with Crippen LogP contribution in [0.15, 0.2) is 18.2 Å². The Balaban J connectivity index is 1.88. The van der Waals surface area contributed by atoms with Crippen molar-refractivity contribution in [1.29, 1.82) is 0 Å². The van der Waals surface area contributed by atoms with E-state index in [1.807, 2.05) is 36.9 Å². The Bertz CT molecular complexity index is 459. The summed E-state index contributed by atoms with van der Waals surface area (Å²) in [5, 5.41) is 0. The first-order valence-corrected chi connectivity index (χ1v) is 6.78. The van der Waals surface area contributed by atoms with Crippen LogP contribution >= 0.6 is 0 Å². The van der Waals surface area contributed by atoms with E-state index in [2.05, 4.69) is 0 Å². The van der Waals surface area contributed by atoms with Gasteiger partial charge < -0.3 is 15.4 Å². The lowest BCUT2D eigenvalue weighted by molar-refractivity contribution is -0.132. The Morgan fingerprint density at radius 2 is 2.26 bits per heavy atom. The maximum absolute atomic E-state index is 12.0. The summed E-state index contributed by atoms with van der Waals surface area (Å²) >= 11 is 0. The lowest BCUT2D eigenvalue weighted by Gasteiger charge is -2.17. The Kier molecular flexibility index (Phi) is 4.43. The number of aryl methyl sites for hydroxylation is 2. The highest BCUT2D eigenvalue weighted by molar-refractivity contribution is 5.78. The normalized spacial score (nSPS) is 18.7. The number of likely N-dealkylation sites (tertiary alicyclic amines) is 1. The molecule has 0 radical (unpaired) electrons. The molecule has 0 spiro atoms. The molecule has 19 heavy (non-hydrogen) atoms. The summed E-state index contributed by atoms with van der Waals surface area (Å²) in [5.41, 5.74) is 7.82. The van der Waals surface area contributed by atoms with Crippen molar-refractivity contribution in [3.63, 3.8) is 0 Å². The fraction of sp³-hybridized carbons (Fsp3) is 0.533. The van der Waals surface area contributed by atoms with Crippen LogP contribution in [-0.2, 0) is 4.79 Å². The maximum atomic E-state index is 12.0. The molecule has 1 aliphatic heterocycles. The van der Waals surface area contributed by atoms with E-state index < -0.39 is 0 Å². The summed E-state index contributed by atoms with van der Waals surface area (Å²) in [5.74, 6) is 1.30. The van der Waals surface area contributed by atoms with Crippen molar-refractivity contribution in [1.82, 2.24) is 4.90 Å². The molecule has 4 heteroatoms. The minimum atomic E-state index is 0.0526. The molecule has 1 amide bonds. The molecule has 1 aromatic rings. The van der Waals surface area contributed by atoms with Crippen LogP contribution in [0.25, 0.3) is 0 Å². The second-order valence-electron chi connectivity index (χ2n) is 5.29. The molecule has 1 heterocycles. The smallest absolute Gasteiger partial charge is 0.260 e. The van der Waals surface area contributed by atoms with Gasteiger partial charge in [0.05, 0.1) is 0 Å². The third-order valence-corrected chi connectivity index (χ3v) is 3.67. The number of benzene rings is 1. The molecule has 1 aromatic carbocycles. The Morgan fingerprint density at radius 3 is 2.95 bits per heavy atom. The molecular weight excluding hydrogens is 240 g/mol. The van der Waals surface area contributed by atoms with Crippen LogP contribution < -0.4 is 10.5 Å². The van der Waals surface area contributed by atoms with Crippen LogP contribution in [-0.4, -0.2) is 37.0 Å². The number of hydrogen-bond donors (Lipinski definition) is 1. The van der Waals surface area contributed by atoms with Crippen molar-refractivity contribution in [2.75, 3.05) is 26.2 Å². The molecular formula is C15H22N2O2. The number of carbonyl (C=O) groups excluding carboxylic acids is 1. The predicted molar refractivity (Wildman–Crippen MR) is 75.2 cm³/mol. The van der Waals surface area contributed by atoms with Crippen molar-refractivity contribution >= 4 is 5.91 Å². The van der Waals surface area contributed by atoms with Crippen molar-refractivity contribution in [2.45, 2.75) is 20.3 Å². The van der Waals surface area contributed by atoms with E-state index in [1.54, 1.807) is 0 Å². The topological polar surface area (TPSA) is 55.6 Å². The second-order valence-corrected chi connectivity index (χ2v) is 5.29. The number of carbonyl (C=O) groups is 1. The summed E-state index contributed by atoms with van der Waals surface area (Å²) < 4.78 is 5.64. The largest absolute Gasteiger partial charge is 0.483 e. The molecule has 0 unspecified atom stereocenters. The van der Waals surface area contributed by atoms with Gasteiger partial charge in [0.2, 0.25) is 0 Å². The summed E-state index contributed by atoms with van der Waals surface area (Å²) in [6.07, 6.45) is 1.01. The van der Waals surface area contributed by atoms with E-state index in [9.17, 15) is 4.79 Å². The van der Waals surface area contributed by atoms with Crippen LogP contribution in [0.1, 0.15) is 17.5 Å². The number of nitrogens with two attached hydrogens (primary N) is 1. The number of ether oxygens (including phenoxy) is 1. The van der Waals surface area contributed by atoms with Crippen LogP contribution in [0, 0.1) is 19.8 Å². The van der Waals surface area contributed by atoms with Crippen molar-refractivity contribution in [3.8, 4) is 5.75 Å². The van der Waals surface area contributed by atoms with Gasteiger partial charge in [0.15, 0.2) is 6.61 Å². The molecule has 0 aliphatic carbocycles. The number of rotatable bonds is 4. The summed E-state index contributed by atoms with van der Waals surface area (Å²) in [4.78, 5) is 13.9. The summed E-state index contributed by atoms with van der Waals surface area (Å²) in [7, 11) is 0. The molecule has 0 saturated carbocycles. The fourth-order valence-electron chi connectivity index (χ4n) is 2.35. The molecule has 2 N–H and O–H groups in total. The zero-order valence-electron chi connectivity index (χ0n) is 11.7. The van der Waals surface area contributed by atoms with Gasteiger partial charge in [0.25, 0.3) is 5.91 Å². The van der Waals surface area contributed by atoms with Gasteiger partial charge in [0.1, 0.15) is 5.75 Å². The first-order valence-electron chi connectivity index (χ1n) is 6.78. The monoisotopic (exact) mass is 262 g/mol. The first-order chi connectivity index (χ1) is 9.10. The van der Waals surface area contributed by atoms with Gasteiger partial charge in [-0.2, -0.15) is 0 Å². The zero-order chi connectivity index (χ0) is 13.8. The summed E-state index contributed by atoms with van der Waals surface area (Å²) in [6, 6.07) is 6.01. The van der Waals surface area contributed by atoms with Gasteiger partial charge in [-0.15, -0.1) is 0 Å². The summed E-state index contributed by atoms with van der Waals surface area (Å²) in [6.45, 7) is 6.34. The minimum Gasteiger partial charge on any atom is -0.483 e. The SMILES string of the molecule is Cc1ccc(C)c(OCC(=O)N2CC[C@H](CN)C2)c1. The fourth-order valence-corrected chi connectivity index (χ4v) is 2.35. The Morgan fingerprint density at radius 1 is 1.47 bits per heavy atom. The van der Waals surface area contributed by atoms with Crippen LogP contribution in [0.5, 0.6) is 5.75 Å². The second kappa shape index (κ2) is 6.06. The van der Waals surface area contributed by atoms with E-state index in [-0.39, 0.29) is 12.5 Å². The van der Waals surface area contributed by atoms with E-state index in [4.69, 9.17) is 10.5 Å². The predicted octanol–water partition coefficient (Wildman–Crippen LogP) is 1.49. The third kappa shape index (κ3) is 3.47. The molecule has 1 fully saturated rings. The third-order valence-electron chi connectivity index (χ3n) is 3.67. The average molecular weight is 262 g/mol. The Labute approximate surface area is 114 Å². The van der Waals surface area contributed by atoms with Crippen LogP contribution in [0.3, 0.4) is 0 Å². The van der Waals surface area contributed by atoms with Gasteiger partial charge >= 0.3 is 0 Å². The molecule has 104 valence electrons. The molecule has 1 saturated heterocycles. The number of amides is 1. The lowest BCUT2D eigenvalue weighted by atomic mass is 10.1. The van der Waals surface area contributed by atoms with Gasteiger partial charge in [-0.25, -0.2) is 0 Å². The number of nitrogens with zero attached hydrogens (tertiary/aromatic N) is 1. The van der Waals surface area contributed by atoms with E-state index in [1.165, 1.54) is 0 Å². The van der Waals surface area contributed by atoms with Gasteiger partial charge in [-0.3, -0.25) is 4.79 Å². The highest BCUT2D eigenvalue weighted by Crippen LogP contribution is 2.20. The zero-order valence-corrected chi connectivity index (χ0v) is 11.7. The van der Waals surface area contributed by atoms with Crippen molar-refractivity contribution in [2.24, 2.45) is 11.7 Å². The lowest BCUT2D eigenvalue weighted by Crippen LogP contribution is -2.33. The van der Waals surface area contributed by atoms with Crippen LogP contribution in [0.2, 0.25) is 0 Å². The van der Waals surface area contributed by atoms with Crippen LogP contribution in [0.4, 0.5) is 0 Å². The number of hydrogen-bond acceptors (Lipinski definition) is 3. The highest BCUT2D eigenvalue weighted by atomic mass is 16.5. The van der Waals surface area contributed by atoms with Crippen molar-refractivity contribution < 1.29 is 9.53 Å². The highest BCUT2D eigenvalue weighted by Gasteiger charge is 2.25. The van der Waals surface area contributed by atoms with Crippen molar-refractivity contribution in [3.05, 3.63) is 29.3 Å².